The van der Waals surface area contributed by atoms with Crippen molar-refractivity contribution in [3.63, 3.8) is 0 Å². The van der Waals surface area contributed by atoms with Gasteiger partial charge < -0.3 is 16.4 Å². The molecule has 0 fully saturated rings. The van der Waals surface area contributed by atoms with Crippen LogP contribution in [0.1, 0.15) is 27.9 Å². The minimum absolute atomic E-state index is 0.134. The topological polar surface area (TPSA) is 97.1 Å². The van der Waals surface area contributed by atoms with E-state index in [1.807, 2.05) is 6.92 Å². The first-order valence-corrected chi connectivity index (χ1v) is 7.11. The number of amides is 2. The fourth-order valence-corrected chi connectivity index (χ4v) is 2.62. The van der Waals surface area contributed by atoms with Crippen LogP contribution in [0.3, 0.4) is 0 Å². The lowest BCUT2D eigenvalue weighted by molar-refractivity contribution is -0.114. The third kappa shape index (κ3) is 3.57. The monoisotopic (exact) mass is 304 g/mol. The van der Waals surface area contributed by atoms with Crippen LogP contribution in [0.15, 0.2) is 18.2 Å². The summed E-state index contributed by atoms with van der Waals surface area (Å²) in [6.45, 7) is 5.05. The summed E-state index contributed by atoms with van der Waals surface area (Å²) in [4.78, 5) is 27.7. The molecular weight excluding hydrogens is 288 g/mol. The molecule has 2 aromatic rings. The largest absolute Gasteiger partial charge is 0.375 e. The standard InChI is InChI=1S/C14H16N4O2S/c1-7-6-10(4-5-11(7)17-9(3)19)18-13(20)12-8(2)16-14(15)21-12/h4-6H,1-3H3,(H2,15,16)(H,17,19)(H,18,20). The van der Waals surface area contributed by atoms with Gasteiger partial charge in [0.1, 0.15) is 4.88 Å². The molecule has 0 aliphatic heterocycles. The van der Waals surface area contributed by atoms with Gasteiger partial charge in [-0.3, -0.25) is 9.59 Å². The molecule has 0 saturated heterocycles. The van der Waals surface area contributed by atoms with Gasteiger partial charge in [0.05, 0.1) is 5.69 Å². The fraction of sp³-hybridized carbons (Fsp3) is 0.214. The second kappa shape index (κ2) is 5.92. The predicted octanol–water partition coefficient (Wildman–Crippen LogP) is 2.55. The molecule has 4 N–H and O–H groups in total. The van der Waals surface area contributed by atoms with E-state index in [0.29, 0.717) is 21.4 Å². The van der Waals surface area contributed by atoms with Crippen LogP contribution in [0.2, 0.25) is 0 Å². The Hall–Kier alpha value is -2.41. The van der Waals surface area contributed by atoms with Gasteiger partial charge in [-0.2, -0.15) is 0 Å². The smallest absolute Gasteiger partial charge is 0.267 e. The van der Waals surface area contributed by atoms with Crippen molar-refractivity contribution in [3.8, 4) is 0 Å². The van der Waals surface area contributed by atoms with E-state index in [9.17, 15) is 9.59 Å². The Balaban J connectivity index is 2.16. The molecule has 0 radical (unpaired) electrons. The number of nitrogens with one attached hydrogen (secondary N) is 2. The van der Waals surface area contributed by atoms with Crippen LogP contribution >= 0.6 is 11.3 Å². The summed E-state index contributed by atoms with van der Waals surface area (Å²) < 4.78 is 0. The number of nitrogens with zero attached hydrogens (tertiary/aromatic N) is 1. The van der Waals surface area contributed by atoms with E-state index in [-0.39, 0.29) is 11.8 Å². The minimum atomic E-state index is -0.242. The number of nitrogen functional groups attached to an aromatic ring is 1. The number of hydrogen-bond acceptors (Lipinski definition) is 5. The highest BCUT2D eigenvalue weighted by Crippen LogP contribution is 2.23. The first-order valence-electron chi connectivity index (χ1n) is 6.29. The molecule has 0 bridgehead atoms. The Morgan fingerprint density at radius 3 is 2.48 bits per heavy atom. The second-order valence-corrected chi connectivity index (χ2v) is 5.66. The molecule has 1 heterocycles. The molecule has 110 valence electrons. The van der Waals surface area contributed by atoms with Crippen molar-refractivity contribution in [2.75, 3.05) is 16.4 Å². The number of carbonyl (C=O) groups is 2. The maximum absolute atomic E-state index is 12.2. The Bertz CT molecular complexity index is 709. The number of hydrogen-bond donors (Lipinski definition) is 3. The lowest BCUT2D eigenvalue weighted by Gasteiger charge is -2.09. The van der Waals surface area contributed by atoms with E-state index in [0.717, 1.165) is 22.6 Å². The zero-order valence-electron chi connectivity index (χ0n) is 12.0. The summed E-state index contributed by atoms with van der Waals surface area (Å²) in [5.74, 6) is -0.376. The molecule has 0 unspecified atom stereocenters. The van der Waals surface area contributed by atoms with Crippen LogP contribution in [0.25, 0.3) is 0 Å². The molecule has 0 saturated carbocycles. The second-order valence-electron chi connectivity index (χ2n) is 4.63. The maximum atomic E-state index is 12.2. The van der Waals surface area contributed by atoms with Gasteiger partial charge >= 0.3 is 0 Å². The number of benzene rings is 1. The van der Waals surface area contributed by atoms with E-state index < -0.39 is 0 Å². The van der Waals surface area contributed by atoms with Crippen molar-refractivity contribution >= 4 is 39.7 Å². The van der Waals surface area contributed by atoms with Gasteiger partial charge in [-0.1, -0.05) is 11.3 Å². The SMILES string of the molecule is CC(=O)Nc1ccc(NC(=O)c2sc(N)nc2C)cc1C. The van der Waals surface area contributed by atoms with Gasteiger partial charge in [0, 0.05) is 18.3 Å². The highest BCUT2D eigenvalue weighted by Gasteiger charge is 2.14. The normalized spacial score (nSPS) is 10.2. The van der Waals surface area contributed by atoms with Crippen molar-refractivity contribution < 1.29 is 9.59 Å². The number of aryl methyl sites for hydroxylation is 2. The molecule has 2 amide bonds. The van der Waals surface area contributed by atoms with Crippen molar-refractivity contribution in [2.24, 2.45) is 0 Å². The maximum Gasteiger partial charge on any atom is 0.267 e. The Labute approximate surface area is 126 Å². The summed E-state index contributed by atoms with van der Waals surface area (Å²) in [7, 11) is 0. The van der Waals surface area contributed by atoms with E-state index in [2.05, 4.69) is 15.6 Å². The molecule has 21 heavy (non-hydrogen) atoms. The Kier molecular flexibility index (Phi) is 4.23. The summed E-state index contributed by atoms with van der Waals surface area (Å²) in [5.41, 5.74) is 8.44. The molecule has 0 aliphatic rings. The van der Waals surface area contributed by atoms with Gasteiger partial charge in [-0.05, 0) is 37.6 Å². The quantitative estimate of drug-likeness (QED) is 0.811. The Morgan fingerprint density at radius 2 is 1.95 bits per heavy atom. The number of rotatable bonds is 3. The van der Waals surface area contributed by atoms with Gasteiger partial charge in [0.25, 0.3) is 5.91 Å². The zero-order chi connectivity index (χ0) is 15.6. The summed E-state index contributed by atoms with van der Waals surface area (Å²) in [6.07, 6.45) is 0. The fourth-order valence-electron chi connectivity index (χ4n) is 1.89. The molecular formula is C14H16N4O2S. The van der Waals surface area contributed by atoms with Crippen LogP contribution < -0.4 is 16.4 Å². The van der Waals surface area contributed by atoms with Crippen LogP contribution in [-0.2, 0) is 4.79 Å². The molecule has 1 aromatic heterocycles. The average molecular weight is 304 g/mol. The van der Waals surface area contributed by atoms with E-state index >= 15 is 0 Å². The van der Waals surface area contributed by atoms with Crippen LogP contribution in [0, 0.1) is 13.8 Å². The van der Waals surface area contributed by atoms with Gasteiger partial charge in [-0.25, -0.2) is 4.98 Å². The Morgan fingerprint density at radius 1 is 1.24 bits per heavy atom. The van der Waals surface area contributed by atoms with Crippen molar-refractivity contribution in [1.82, 2.24) is 4.98 Å². The molecule has 0 atom stereocenters. The molecule has 0 spiro atoms. The molecule has 1 aromatic carbocycles. The highest BCUT2D eigenvalue weighted by atomic mass is 32.1. The minimum Gasteiger partial charge on any atom is -0.375 e. The number of thiazole rings is 1. The number of nitrogens with two attached hydrogens (primary N) is 1. The molecule has 6 nitrogen and oxygen atoms in total. The van der Waals surface area contributed by atoms with Crippen LogP contribution in [-0.4, -0.2) is 16.8 Å². The van der Waals surface area contributed by atoms with Crippen molar-refractivity contribution in [2.45, 2.75) is 20.8 Å². The lowest BCUT2D eigenvalue weighted by atomic mass is 10.1. The third-order valence-electron chi connectivity index (χ3n) is 2.81. The van der Waals surface area contributed by atoms with E-state index in [1.54, 1.807) is 25.1 Å². The van der Waals surface area contributed by atoms with Crippen LogP contribution in [0.5, 0.6) is 0 Å². The number of anilines is 3. The first kappa shape index (κ1) is 15.0. The average Bonchev–Trinajstić information content (AvgIpc) is 2.71. The number of carbonyl (C=O) groups excluding carboxylic acids is 2. The number of aromatic nitrogens is 1. The summed E-state index contributed by atoms with van der Waals surface area (Å²) in [6, 6.07) is 5.28. The molecule has 2 rings (SSSR count). The van der Waals surface area contributed by atoms with E-state index in [4.69, 9.17) is 5.73 Å². The van der Waals surface area contributed by atoms with Gasteiger partial charge in [0.15, 0.2) is 5.13 Å². The highest BCUT2D eigenvalue weighted by molar-refractivity contribution is 7.17. The lowest BCUT2D eigenvalue weighted by Crippen LogP contribution is -2.12. The summed E-state index contributed by atoms with van der Waals surface area (Å²) in [5, 5.41) is 5.89. The zero-order valence-corrected chi connectivity index (χ0v) is 12.8. The third-order valence-corrected chi connectivity index (χ3v) is 3.80. The van der Waals surface area contributed by atoms with Crippen molar-refractivity contribution in [1.29, 1.82) is 0 Å². The van der Waals surface area contributed by atoms with Gasteiger partial charge in [0.2, 0.25) is 5.91 Å². The molecule has 0 aliphatic carbocycles. The van der Waals surface area contributed by atoms with E-state index in [1.165, 1.54) is 6.92 Å². The molecule has 7 heteroatoms. The van der Waals surface area contributed by atoms with Gasteiger partial charge in [-0.15, -0.1) is 0 Å². The van der Waals surface area contributed by atoms with Crippen LogP contribution in [0.4, 0.5) is 16.5 Å². The first-order chi connectivity index (χ1) is 9.86. The van der Waals surface area contributed by atoms with Crippen molar-refractivity contribution in [3.05, 3.63) is 34.3 Å². The summed E-state index contributed by atoms with van der Waals surface area (Å²) >= 11 is 1.16. The predicted molar refractivity (Wildman–Crippen MR) is 84.7 cm³/mol.